The summed E-state index contributed by atoms with van der Waals surface area (Å²) in [7, 11) is 0. The summed E-state index contributed by atoms with van der Waals surface area (Å²) in [4.78, 5) is 4.93. The van der Waals surface area contributed by atoms with Gasteiger partial charge in [-0.3, -0.25) is 0 Å². The van der Waals surface area contributed by atoms with Crippen molar-refractivity contribution in [1.82, 2.24) is 0 Å². The maximum atomic E-state index is 2.53. The summed E-state index contributed by atoms with van der Waals surface area (Å²) in [5.41, 5.74) is 13.9. The van der Waals surface area contributed by atoms with E-state index in [4.69, 9.17) is 0 Å². The summed E-state index contributed by atoms with van der Waals surface area (Å²) in [5, 5.41) is 4.88. The van der Waals surface area contributed by atoms with E-state index in [1.807, 2.05) is 0 Å². The zero-order valence-electron chi connectivity index (χ0n) is 35.2. The molecule has 2 aliphatic rings. The standard InChI is InChI=1S/C61H46N2/c1-61-41-13-12-24-51(61)25-15-28-60(61)63(55-39-40-56(47-17-4-2-5-18-47)58(43-55)49-19-6-3-7-20-49)53-36-31-46(32-37-53)45-29-34-52(35-30-45)62(54-38-33-44-16-8-9-22-50(44)42-54)59-27-14-23-48-21-10-11-26-57(48)59/h2-43,60H,1H3. The highest BCUT2D eigenvalue weighted by Crippen LogP contribution is 2.48. The van der Waals surface area contributed by atoms with Gasteiger partial charge in [-0.05, 0) is 117 Å². The molecule has 0 saturated carbocycles. The van der Waals surface area contributed by atoms with Crippen LogP contribution in [0.15, 0.2) is 260 Å². The first-order valence-electron chi connectivity index (χ1n) is 21.9. The van der Waals surface area contributed by atoms with Crippen molar-refractivity contribution in [3.8, 4) is 33.4 Å². The Morgan fingerprint density at radius 1 is 0.413 bits per heavy atom. The van der Waals surface area contributed by atoms with E-state index in [1.54, 1.807) is 0 Å². The number of hydrogen-bond acceptors (Lipinski definition) is 2. The van der Waals surface area contributed by atoms with Gasteiger partial charge in [-0.2, -0.15) is 0 Å². The van der Waals surface area contributed by atoms with Crippen molar-refractivity contribution in [2.24, 2.45) is 5.41 Å². The molecule has 9 aromatic carbocycles. The lowest BCUT2D eigenvalue weighted by Gasteiger charge is -2.45. The molecule has 2 atom stereocenters. The Balaban J connectivity index is 0.988. The highest BCUT2D eigenvalue weighted by Gasteiger charge is 2.40. The van der Waals surface area contributed by atoms with Crippen molar-refractivity contribution in [2.75, 3.05) is 9.80 Å². The van der Waals surface area contributed by atoms with E-state index in [2.05, 4.69) is 272 Å². The van der Waals surface area contributed by atoms with Crippen molar-refractivity contribution < 1.29 is 0 Å². The van der Waals surface area contributed by atoms with E-state index >= 15 is 0 Å². The molecule has 11 rings (SSSR count). The lowest BCUT2D eigenvalue weighted by atomic mass is 9.70. The first-order chi connectivity index (χ1) is 31.1. The summed E-state index contributed by atoms with van der Waals surface area (Å²) in [6, 6.07) is 77.3. The highest BCUT2D eigenvalue weighted by molar-refractivity contribution is 6.00. The molecule has 2 unspecified atom stereocenters. The molecule has 9 aromatic rings. The zero-order valence-corrected chi connectivity index (χ0v) is 35.2. The number of allylic oxidation sites excluding steroid dienone is 5. The van der Waals surface area contributed by atoms with E-state index in [-0.39, 0.29) is 11.5 Å². The largest absolute Gasteiger partial charge is 0.333 e. The molecule has 0 spiro atoms. The van der Waals surface area contributed by atoms with Crippen LogP contribution in [0.3, 0.4) is 0 Å². The van der Waals surface area contributed by atoms with Crippen LogP contribution in [0.5, 0.6) is 0 Å². The molecule has 2 nitrogen and oxygen atoms in total. The minimum absolute atomic E-state index is 0.0326. The molecule has 0 N–H and O–H groups in total. The van der Waals surface area contributed by atoms with Gasteiger partial charge < -0.3 is 9.80 Å². The molecule has 0 radical (unpaired) electrons. The van der Waals surface area contributed by atoms with Gasteiger partial charge in [-0.25, -0.2) is 0 Å². The molecule has 0 aromatic heterocycles. The highest BCUT2D eigenvalue weighted by atomic mass is 15.2. The fourth-order valence-corrected chi connectivity index (χ4v) is 9.66. The van der Waals surface area contributed by atoms with E-state index < -0.39 is 0 Å². The normalized spacial score (nSPS) is 16.5. The number of anilines is 5. The first-order valence-corrected chi connectivity index (χ1v) is 21.9. The monoisotopic (exact) mass is 806 g/mol. The van der Waals surface area contributed by atoms with Gasteiger partial charge in [-0.1, -0.05) is 200 Å². The molecule has 2 heteroatoms. The average Bonchev–Trinajstić information content (AvgIpc) is 3.35. The summed E-state index contributed by atoms with van der Waals surface area (Å²) in [5.74, 6) is 0. The molecular formula is C61H46N2. The van der Waals surface area contributed by atoms with Gasteiger partial charge in [0, 0.05) is 33.6 Å². The van der Waals surface area contributed by atoms with Gasteiger partial charge >= 0.3 is 0 Å². The second-order valence-corrected chi connectivity index (χ2v) is 16.7. The fourth-order valence-electron chi connectivity index (χ4n) is 9.66. The van der Waals surface area contributed by atoms with Crippen LogP contribution in [0.25, 0.3) is 54.9 Å². The molecular weight excluding hydrogens is 761 g/mol. The Hall–Kier alpha value is -7.94. The molecule has 0 amide bonds. The predicted octanol–water partition coefficient (Wildman–Crippen LogP) is 16.6. The summed E-state index contributed by atoms with van der Waals surface area (Å²) >= 11 is 0. The Morgan fingerprint density at radius 2 is 1.02 bits per heavy atom. The van der Waals surface area contributed by atoms with Crippen LogP contribution in [0.2, 0.25) is 0 Å². The van der Waals surface area contributed by atoms with Gasteiger partial charge in [0.05, 0.1) is 11.7 Å². The van der Waals surface area contributed by atoms with Gasteiger partial charge in [-0.15, -0.1) is 0 Å². The maximum absolute atomic E-state index is 2.53. The molecule has 0 fully saturated rings. The van der Waals surface area contributed by atoms with Crippen molar-refractivity contribution in [1.29, 1.82) is 0 Å². The first kappa shape index (κ1) is 38.0. The van der Waals surface area contributed by atoms with Gasteiger partial charge in [0.2, 0.25) is 0 Å². The predicted molar refractivity (Wildman–Crippen MR) is 268 cm³/mol. The van der Waals surface area contributed by atoms with Crippen LogP contribution < -0.4 is 9.80 Å². The molecule has 63 heavy (non-hydrogen) atoms. The molecule has 0 aliphatic heterocycles. The molecule has 300 valence electrons. The summed E-state index contributed by atoms with van der Waals surface area (Å²) in [6.07, 6.45) is 15.8. The SMILES string of the molecule is CC12C=CC=CC1=CC=CC2N(c1ccc(-c2ccc(N(c3ccc4ccccc4c3)c3cccc4ccccc34)cc2)cc1)c1ccc(-c2ccccc2)c(-c2ccccc2)c1. The minimum atomic E-state index is -0.232. The molecule has 0 heterocycles. The Morgan fingerprint density at radius 3 is 1.76 bits per heavy atom. The third-order valence-corrected chi connectivity index (χ3v) is 13.0. The Kier molecular flexibility index (Phi) is 9.75. The number of hydrogen-bond donors (Lipinski definition) is 0. The molecule has 0 saturated heterocycles. The van der Waals surface area contributed by atoms with Crippen LogP contribution in [-0.4, -0.2) is 6.04 Å². The summed E-state index contributed by atoms with van der Waals surface area (Å²) in [6.45, 7) is 2.37. The number of nitrogens with zero attached hydrogens (tertiary/aromatic N) is 2. The van der Waals surface area contributed by atoms with E-state index in [0.29, 0.717) is 0 Å². The lowest BCUT2D eigenvalue weighted by Crippen LogP contribution is -2.44. The Labute approximate surface area is 370 Å². The van der Waals surface area contributed by atoms with Crippen molar-refractivity contribution in [3.05, 3.63) is 260 Å². The second kappa shape index (κ2) is 16.2. The quantitative estimate of drug-likeness (QED) is 0.143. The number of benzene rings is 9. The van der Waals surface area contributed by atoms with Gasteiger partial charge in [0.1, 0.15) is 0 Å². The van der Waals surface area contributed by atoms with Crippen LogP contribution in [0, 0.1) is 5.41 Å². The lowest BCUT2D eigenvalue weighted by molar-refractivity contribution is 0.450. The van der Waals surface area contributed by atoms with Crippen LogP contribution in [-0.2, 0) is 0 Å². The van der Waals surface area contributed by atoms with Crippen molar-refractivity contribution >= 4 is 50.0 Å². The van der Waals surface area contributed by atoms with E-state index in [1.165, 1.54) is 60.5 Å². The van der Waals surface area contributed by atoms with Crippen LogP contribution in [0.1, 0.15) is 6.92 Å². The van der Waals surface area contributed by atoms with E-state index in [9.17, 15) is 0 Å². The maximum Gasteiger partial charge on any atom is 0.0654 e. The third kappa shape index (κ3) is 7.06. The van der Waals surface area contributed by atoms with Crippen LogP contribution >= 0.6 is 0 Å². The van der Waals surface area contributed by atoms with Crippen LogP contribution in [0.4, 0.5) is 28.4 Å². The zero-order chi connectivity index (χ0) is 42.2. The Bertz CT molecular complexity index is 3220. The number of rotatable bonds is 9. The second-order valence-electron chi connectivity index (χ2n) is 16.7. The average molecular weight is 807 g/mol. The smallest absolute Gasteiger partial charge is 0.0654 e. The topological polar surface area (TPSA) is 6.48 Å². The van der Waals surface area contributed by atoms with Crippen molar-refractivity contribution in [2.45, 2.75) is 13.0 Å². The third-order valence-electron chi connectivity index (χ3n) is 13.0. The van der Waals surface area contributed by atoms with Gasteiger partial charge in [0.15, 0.2) is 0 Å². The summed E-state index contributed by atoms with van der Waals surface area (Å²) < 4.78 is 0. The fraction of sp³-hybridized carbons (Fsp3) is 0.0492. The minimum Gasteiger partial charge on any atom is -0.333 e. The number of fused-ring (bicyclic) bond motifs is 3. The van der Waals surface area contributed by atoms with Gasteiger partial charge in [0.25, 0.3) is 0 Å². The van der Waals surface area contributed by atoms with Crippen molar-refractivity contribution in [3.63, 3.8) is 0 Å². The van der Waals surface area contributed by atoms with E-state index in [0.717, 1.165) is 28.4 Å². The molecule has 0 bridgehead atoms. The molecule has 2 aliphatic carbocycles.